The zero-order chi connectivity index (χ0) is 19.9. The summed E-state index contributed by atoms with van der Waals surface area (Å²) in [5.74, 6) is 0.644. The van der Waals surface area contributed by atoms with Crippen LogP contribution in [0.2, 0.25) is 20.1 Å². The van der Waals surface area contributed by atoms with E-state index in [2.05, 4.69) is 10.5 Å². The molecule has 0 saturated carbocycles. The van der Waals surface area contributed by atoms with Crippen molar-refractivity contribution in [2.45, 2.75) is 13.2 Å². The molecule has 0 aliphatic rings. The Hall–Kier alpha value is -1.91. The van der Waals surface area contributed by atoms with Crippen LogP contribution in [-0.4, -0.2) is 6.21 Å². The van der Waals surface area contributed by atoms with Gasteiger partial charge in [0.2, 0.25) is 0 Å². The van der Waals surface area contributed by atoms with Crippen molar-refractivity contribution in [3.05, 3.63) is 97.4 Å². The summed E-state index contributed by atoms with van der Waals surface area (Å²) < 4.78 is 5.91. The van der Waals surface area contributed by atoms with Crippen molar-refractivity contribution in [2.75, 3.05) is 0 Å². The van der Waals surface area contributed by atoms with Crippen molar-refractivity contribution in [2.24, 2.45) is 5.10 Å². The van der Waals surface area contributed by atoms with Crippen molar-refractivity contribution in [1.29, 1.82) is 0 Å². The predicted octanol–water partition coefficient (Wildman–Crippen LogP) is 7.00. The second-order valence-electron chi connectivity index (χ2n) is 5.86. The van der Waals surface area contributed by atoms with Gasteiger partial charge in [0, 0.05) is 36.8 Å². The second-order valence-corrected chi connectivity index (χ2v) is 7.51. The summed E-state index contributed by atoms with van der Waals surface area (Å²) in [7, 11) is 0. The van der Waals surface area contributed by atoms with Gasteiger partial charge in [0.15, 0.2) is 0 Å². The van der Waals surface area contributed by atoms with Crippen molar-refractivity contribution in [1.82, 2.24) is 5.43 Å². The smallest absolute Gasteiger partial charge is 0.128 e. The Morgan fingerprint density at radius 1 is 0.857 bits per heavy atom. The normalized spacial score (nSPS) is 11.0. The number of halogens is 4. The Labute approximate surface area is 183 Å². The van der Waals surface area contributed by atoms with Crippen molar-refractivity contribution < 1.29 is 4.74 Å². The summed E-state index contributed by atoms with van der Waals surface area (Å²) in [5, 5.41) is 6.65. The SMILES string of the molecule is Clc1ccc(OCc2ccccc2Cl)c(/C=N\NCc2c(Cl)cccc2Cl)c1. The number of rotatable bonds is 7. The first-order valence-electron chi connectivity index (χ1n) is 8.39. The zero-order valence-electron chi connectivity index (χ0n) is 14.6. The summed E-state index contributed by atoms with van der Waals surface area (Å²) >= 11 is 24.6. The molecule has 0 aliphatic carbocycles. The van der Waals surface area contributed by atoms with Crippen LogP contribution in [0.25, 0.3) is 0 Å². The fourth-order valence-electron chi connectivity index (χ4n) is 2.46. The van der Waals surface area contributed by atoms with Crippen LogP contribution in [0.1, 0.15) is 16.7 Å². The fourth-order valence-corrected chi connectivity index (χ4v) is 3.37. The van der Waals surface area contributed by atoms with E-state index in [4.69, 9.17) is 51.1 Å². The van der Waals surface area contributed by atoms with Crippen LogP contribution in [0.15, 0.2) is 65.8 Å². The van der Waals surface area contributed by atoms with Crippen molar-refractivity contribution >= 4 is 52.6 Å². The van der Waals surface area contributed by atoms with E-state index in [1.807, 2.05) is 24.3 Å². The molecule has 0 fully saturated rings. The average Bonchev–Trinajstić information content (AvgIpc) is 2.67. The van der Waals surface area contributed by atoms with Crippen LogP contribution in [0.3, 0.4) is 0 Å². The van der Waals surface area contributed by atoms with Crippen LogP contribution in [0.4, 0.5) is 0 Å². The maximum absolute atomic E-state index is 6.18. The molecule has 28 heavy (non-hydrogen) atoms. The summed E-state index contributed by atoms with van der Waals surface area (Å²) in [6, 6.07) is 18.2. The molecular formula is C21H16Cl4N2O. The monoisotopic (exact) mass is 452 g/mol. The number of nitrogens with one attached hydrogen (secondary N) is 1. The van der Waals surface area contributed by atoms with Crippen LogP contribution < -0.4 is 10.2 Å². The van der Waals surface area contributed by atoms with E-state index < -0.39 is 0 Å². The third-order valence-electron chi connectivity index (χ3n) is 3.93. The molecule has 0 spiro atoms. The number of hydrazone groups is 1. The lowest BCUT2D eigenvalue weighted by molar-refractivity contribution is 0.306. The standard InChI is InChI=1S/C21H16Cl4N2O/c22-16-8-9-21(28-13-14-4-1-2-5-18(14)23)15(10-16)11-26-27-12-17-19(24)6-3-7-20(17)25/h1-11,27H,12-13H2/b26-11-. The van der Waals surface area contributed by atoms with Gasteiger partial charge in [-0.2, -0.15) is 5.10 Å². The van der Waals surface area contributed by atoms with Gasteiger partial charge in [-0.05, 0) is 36.4 Å². The molecule has 3 aromatic rings. The summed E-state index contributed by atoms with van der Waals surface area (Å²) in [4.78, 5) is 0. The van der Waals surface area contributed by atoms with Crippen molar-refractivity contribution in [3.63, 3.8) is 0 Å². The average molecular weight is 454 g/mol. The maximum Gasteiger partial charge on any atom is 0.128 e. The van der Waals surface area contributed by atoms with Crippen LogP contribution in [-0.2, 0) is 13.2 Å². The Morgan fingerprint density at radius 2 is 1.57 bits per heavy atom. The highest BCUT2D eigenvalue weighted by Gasteiger charge is 2.07. The van der Waals surface area contributed by atoms with E-state index in [1.165, 1.54) is 0 Å². The van der Waals surface area contributed by atoms with Crippen LogP contribution in [0.5, 0.6) is 5.75 Å². The molecule has 0 atom stereocenters. The molecule has 144 valence electrons. The van der Waals surface area contributed by atoms with Crippen molar-refractivity contribution in [3.8, 4) is 5.75 Å². The first-order valence-corrected chi connectivity index (χ1v) is 9.90. The molecule has 0 heterocycles. The number of hydrogen-bond acceptors (Lipinski definition) is 3. The molecule has 0 saturated heterocycles. The van der Waals surface area contributed by atoms with Crippen LogP contribution >= 0.6 is 46.4 Å². The van der Waals surface area contributed by atoms with Gasteiger partial charge in [0.25, 0.3) is 0 Å². The molecule has 0 radical (unpaired) electrons. The van der Waals surface area contributed by atoms with Gasteiger partial charge in [-0.25, -0.2) is 0 Å². The van der Waals surface area contributed by atoms with Gasteiger partial charge in [0.1, 0.15) is 12.4 Å². The fraction of sp³-hybridized carbons (Fsp3) is 0.0952. The molecule has 3 rings (SSSR count). The molecular weight excluding hydrogens is 438 g/mol. The summed E-state index contributed by atoms with van der Waals surface area (Å²) in [6.07, 6.45) is 1.64. The molecule has 1 N–H and O–H groups in total. The lowest BCUT2D eigenvalue weighted by atomic mass is 10.2. The highest BCUT2D eigenvalue weighted by Crippen LogP contribution is 2.25. The molecule has 0 unspecified atom stereocenters. The highest BCUT2D eigenvalue weighted by molar-refractivity contribution is 6.36. The predicted molar refractivity (Wildman–Crippen MR) is 118 cm³/mol. The van der Waals surface area contributed by atoms with Crippen LogP contribution in [0, 0.1) is 0 Å². The molecule has 0 bridgehead atoms. The number of nitrogens with zero attached hydrogens (tertiary/aromatic N) is 1. The number of benzene rings is 3. The van der Waals surface area contributed by atoms with Gasteiger partial charge in [0.05, 0.1) is 12.8 Å². The maximum atomic E-state index is 6.18. The zero-order valence-corrected chi connectivity index (χ0v) is 17.7. The molecule has 0 amide bonds. The Kier molecular flexibility index (Phi) is 7.46. The Balaban J connectivity index is 1.68. The van der Waals surface area contributed by atoms with E-state index in [1.54, 1.807) is 42.6 Å². The quantitative estimate of drug-likeness (QED) is 0.308. The molecule has 3 nitrogen and oxygen atoms in total. The van der Waals surface area contributed by atoms with Gasteiger partial charge < -0.3 is 10.2 Å². The molecule has 3 aromatic carbocycles. The lowest BCUT2D eigenvalue weighted by Gasteiger charge is -2.11. The van der Waals surface area contributed by atoms with Gasteiger partial charge in [-0.15, -0.1) is 0 Å². The number of ether oxygens (including phenoxy) is 1. The van der Waals surface area contributed by atoms with E-state index in [-0.39, 0.29) is 0 Å². The largest absolute Gasteiger partial charge is 0.488 e. The minimum Gasteiger partial charge on any atom is -0.488 e. The van der Waals surface area contributed by atoms with E-state index >= 15 is 0 Å². The molecule has 0 aliphatic heterocycles. The van der Waals surface area contributed by atoms with E-state index in [0.29, 0.717) is 39.0 Å². The molecule has 7 heteroatoms. The Morgan fingerprint density at radius 3 is 2.32 bits per heavy atom. The summed E-state index contributed by atoms with van der Waals surface area (Å²) in [6.45, 7) is 0.732. The van der Waals surface area contributed by atoms with E-state index in [0.717, 1.165) is 16.7 Å². The highest BCUT2D eigenvalue weighted by atomic mass is 35.5. The first-order chi connectivity index (χ1) is 13.5. The summed E-state index contributed by atoms with van der Waals surface area (Å²) in [5.41, 5.74) is 5.35. The molecule has 0 aromatic heterocycles. The van der Waals surface area contributed by atoms with Gasteiger partial charge in [-0.1, -0.05) is 70.7 Å². The van der Waals surface area contributed by atoms with E-state index in [9.17, 15) is 0 Å². The third-order valence-corrected chi connectivity index (χ3v) is 5.24. The minimum absolute atomic E-state index is 0.338. The second kappa shape index (κ2) is 10.0. The van der Waals surface area contributed by atoms with Gasteiger partial charge >= 0.3 is 0 Å². The van der Waals surface area contributed by atoms with Gasteiger partial charge in [-0.3, -0.25) is 0 Å². The minimum atomic E-state index is 0.338. The number of hydrogen-bond donors (Lipinski definition) is 1. The first kappa shape index (κ1) is 20.8. The Bertz CT molecular complexity index is 972. The third kappa shape index (κ3) is 5.55. The lowest BCUT2D eigenvalue weighted by Crippen LogP contribution is -2.07. The topological polar surface area (TPSA) is 33.6 Å².